The van der Waals surface area contributed by atoms with E-state index in [0.717, 1.165) is 10.9 Å². The average Bonchev–Trinajstić information content (AvgIpc) is 2.70. The Bertz CT molecular complexity index is 414. The molecule has 0 aliphatic heterocycles. The molecule has 0 saturated carbocycles. The van der Waals surface area contributed by atoms with E-state index in [1.54, 1.807) is 0 Å². The van der Waals surface area contributed by atoms with Gasteiger partial charge in [0.1, 0.15) is 12.2 Å². The van der Waals surface area contributed by atoms with Gasteiger partial charge in [0.15, 0.2) is 0 Å². The van der Waals surface area contributed by atoms with Crippen molar-refractivity contribution in [2.45, 2.75) is 13.0 Å². The zero-order chi connectivity index (χ0) is 12.3. The number of aromatic nitrogens is 2. The summed E-state index contributed by atoms with van der Waals surface area (Å²) in [6, 6.07) is -0.743. The van der Waals surface area contributed by atoms with Gasteiger partial charge in [-0.25, -0.2) is 9.48 Å². The van der Waals surface area contributed by atoms with E-state index in [-0.39, 0.29) is 11.6 Å². The first-order valence-corrected chi connectivity index (χ1v) is 4.36. The quantitative estimate of drug-likeness (QED) is 0.424. The van der Waals surface area contributed by atoms with Gasteiger partial charge >= 0.3 is 17.5 Å². The smallest absolute Gasteiger partial charge is 0.350 e. The highest BCUT2D eigenvalue weighted by Gasteiger charge is 2.25. The molecule has 0 bridgehead atoms. The second-order valence-corrected chi connectivity index (χ2v) is 2.96. The SMILES string of the molecule is COC(=O)C(C)n1cc([N+](=O)[O-])c(OC)n1. The molecule has 0 N–H and O–H groups in total. The van der Waals surface area contributed by atoms with Gasteiger partial charge in [-0.05, 0) is 6.92 Å². The topological polar surface area (TPSA) is 96.5 Å². The zero-order valence-corrected chi connectivity index (χ0v) is 9.04. The molecule has 16 heavy (non-hydrogen) atoms. The van der Waals surface area contributed by atoms with Crippen LogP contribution >= 0.6 is 0 Å². The van der Waals surface area contributed by atoms with Crippen LogP contribution in [0.5, 0.6) is 5.88 Å². The van der Waals surface area contributed by atoms with Crippen molar-refractivity contribution in [2.24, 2.45) is 0 Å². The molecule has 0 aliphatic rings. The number of carbonyl (C=O) groups is 1. The Hall–Kier alpha value is -2.12. The summed E-state index contributed by atoms with van der Waals surface area (Å²) in [5, 5.41) is 14.4. The highest BCUT2D eigenvalue weighted by atomic mass is 16.6. The largest absolute Gasteiger partial charge is 0.475 e. The molecule has 8 heteroatoms. The number of carbonyl (C=O) groups excluding carboxylic acids is 1. The molecule has 1 aromatic rings. The predicted molar refractivity (Wildman–Crippen MR) is 52.2 cm³/mol. The van der Waals surface area contributed by atoms with Gasteiger partial charge in [0.2, 0.25) is 0 Å². The van der Waals surface area contributed by atoms with Crippen molar-refractivity contribution in [3.8, 4) is 5.88 Å². The van der Waals surface area contributed by atoms with Crippen LogP contribution in [0.25, 0.3) is 0 Å². The molecule has 1 unspecified atom stereocenters. The van der Waals surface area contributed by atoms with Gasteiger partial charge in [0, 0.05) is 0 Å². The summed E-state index contributed by atoms with van der Waals surface area (Å²) >= 11 is 0. The molecule has 0 saturated heterocycles. The molecular weight excluding hydrogens is 218 g/mol. The second kappa shape index (κ2) is 4.60. The minimum absolute atomic E-state index is 0.138. The van der Waals surface area contributed by atoms with Crippen LogP contribution in [0.4, 0.5) is 5.69 Å². The van der Waals surface area contributed by atoms with E-state index < -0.39 is 16.9 Å². The van der Waals surface area contributed by atoms with Crippen LogP contribution in [0.1, 0.15) is 13.0 Å². The lowest BCUT2D eigenvalue weighted by Crippen LogP contribution is -2.18. The van der Waals surface area contributed by atoms with Gasteiger partial charge in [-0.3, -0.25) is 10.1 Å². The van der Waals surface area contributed by atoms with Crippen LogP contribution in [-0.4, -0.2) is 34.9 Å². The minimum Gasteiger partial charge on any atom is -0.475 e. The lowest BCUT2D eigenvalue weighted by atomic mass is 10.3. The van der Waals surface area contributed by atoms with Crippen LogP contribution in [0.15, 0.2) is 6.20 Å². The van der Waals surface area contributed by atoms with Gasteiger partial charge in [-0.15, -0.1) is 5.10 Å². The predicted octanol–water partition coefficient (Wildman–Crippen LogP) is 0.534. The Morgan fingerprint density at radius 1 is 1.62 bits per heavy atom. The average molecular weight is 229 g/mol. The van der Waals surface area contributed by atoms with Crippen molar-refractivity contribution in [2.75, 3.05) is 14.2 Å². The van der Waals surface area contributed by atoms with Gasteiger partial charge in [0.25, 0.3) is 0 Å². The Morgan fingerprint density at radius 2 is 2.25 bits per heavy atom. The van der Waals surface area contributed by atoms with Crippen molar-refractivity contribution >= 4 is 11.7 Å². The zero-order valence-electron chi connectivity index (χ0n) is 9.04. The number of hydrogen-bond donors (Lipinski definition) is 0. The lowest BCUT2D eigenvalue weighted by molar-refractivity contribution is -0.385. The monoisotopic (exact) mass is 229 g/mol. The molecule has 0 aromatic carbocycles. The number of hydrogen-bond acceptors (Lipinski definition) is 6. The first kappa shape index (κ1) is 12.0. The van der Waals surface area contributed by atoms with E-state index in [1.807, 2.05) is 0 Å². The molecule has 0 fully saturated rings. The maximum absolute atomic E-state index is 11.2. The summed E-state index contributed by atoms with van der Waals surface area (Å²) in [7, 11) is 2.50. The van der Waals surface area contributed by atoms with Crippen molar-refractivity contribution in [1.29, 1.82) is 0 Å². The highest BCUT2D eigenvalue weighted by molar-refractivity contribution is 5.73. The number of rotatable bonds is 4. The van der Waals surface area contributed by atoms with Crippen LogP contribution in [0, 0.1) is 10.1 Å². The van der Waals surface area contributed by atoms with Crippen LogP contribution in [0.2, 0.25) is 0 Å². The van der Waals surface area contributed by atoms with E-state index in [0.29, 0.717) is 0 Å². The number of nitrogens with zero attached hydrogens (tertiary/aromatic N) is 3. The van der Waals surface area contributed by atoms with E-state index in [4.69, 9.17) is 4.74 Å². The molecule has 1 atom stereocenters. The first-order valence-electron chi connectivity index (χ1n) is 4.36. The van der Waals surface area contributed by atoms with Crippen LogP contribution < -0.4 is 4.74 Å². The summed E-state index contributed by atoms with van der Waals surface area (Å²) in [6.07, 6.45) is 1.13. The fourth-order valence-corrected chi connectivity index (χ4v) is 1.11. The molecule has 1 heterocycles. The Balaban J connectivity index is 3.07. The third kappa shape index (κ3) is 2.10. The third-order valence-electron chi connectivity index (χ3n) is 2.01. The van der Waals surface area contributed by atoms with Gasteiger partial charge in [0.05, 0.1) is 19.1 Å². The van der Waals surface area contributed by atoms with E-state index in [1.165, 1.54) is 21.1 Å². The molecule has 1 aromatic heterocycles. The fourth-order valence-electron chi connectivity index (χ4n) is 1.11. The maximum atomic E-state index is 11.2. The summed E-state index contributed by atoms with van der Waals surface area (Å²) in [5.41, 5.74) is -0.293. The summed E-state index contributed by atoms with van der Waals surface area (Å²) in [5.74, 6) is -0.680. The standard InChI is InChI=1S/C8H11N3O5/c1-5(8(12)16-3)10-4-6(11(13)14)7(9-10)15-2/h4-5H,1-3H3. The highest BCUT2D eigenvalue weighted by Crippen LogP contribution is 2.26. The van der Waals surface area contributed by atoms with Crippen molar-refractivity contribution in [3.63, 3.8) is 0 Å². The summed E-state index contributed by atoms with van der Waals surface area (Å²) < 4.78 is 10.4. The van der Waals surface area contributed by atoms with Crippen LogP contribution in [0.3, 0.4) is 0 Å². The molecule has 88 valence electrons. The molecule has 8 nitrogen and oxygen atoms in total. The first-order chi connectivity index (χ1) is 7.51. The number of methoxy groups -OCH3 is 2. The fraction of sp³-hybridized carbons (Fsp3) is 0.500. The molecule has 0 spiro atoms. The normalized spacial score (nSPS) is 11.9. The molecular formula is C8H11N3O5. The number of ether oxygens (including phenoxy) is 2. The molecule has 1 rings (SSSR count). The second-order valence-electron chi connectivity index (χ2n) is 2.96. The molecule has 0 amide bonds. The lowest BCUT2D eigenvalue weighted by Gasteiger charge is -2.07. The van der Waals surface area contributed by atoms with Gasteiger partial charge in [-0.2, -0.15) is 0 Å². The Morgan fingerprint density at radius 3 is 2.62 bits per heavy atom. The molecule has 0 radical (unpaired) electrons. The van der Waals surface area contributed by atoms with Crippen molar-refractivity contribution < 1.29 is 19.2 Å². The third-order valence-corrected chi connectivity index (χ3v) is 2.01. The van der Waals surface area contributed by atoms with E-state index >= 15 is 0 Å². The van der Waals surface area contributed by atoms with E-state index in [2.05, 4.69) is 9.84 Å². The number of nitro groups is 1. The summed E-state index contributed by atoms with van der Waals surface area (Å²) in [4.78, 5) is 21.2. The van der Waals surface area contributed by atoms with Crippen LogP contribution in [-0.2, 0) is 9.53 Å². The van der Waals surface area contributed by atoms with Gasteiger partial charge in [-0.1, -0.05) is 0 Å². The molecule has 0 aliphatic carbocycles. The van der Waals surface area contributed by atoms with E-state index in [9.17, 15) is 14.9 Å². The Kier molecular flexibility index (Phi) is 3.44. The maximum Gasteiger partial charge on any atom is 0.350 e. The van der Waals surface area contributed by atoms with Crippen molar-refractivity contribution in [1.82, 2.24) is 9.78 Å². The minimum atomic E-state index is -0.743. The van der Waals surface area contributed by atoms with Gasteiger partial charge < -0.3 is 9.47 Å². The number of esters is 1. The summed E-state index contributed by atoms with van der Waals surface area (Å²) in [6.45, 7) is 1.52. The van der Waals surface area contributed by atoms with Crippen molar-refractivity contribution in [3.05, 3.63) is 16.3 Å². The Labute approximate surface area is 90.9 Å².